The topological polar surface area (TPSA) is 77.2 Å². The number of nitrogens with one attached hydrogen (secondary N) is 1. The minimum atomic E-state index is -4.38. The molecule has 0 atom stereocenters. The summed E-state index contributed by atoms with van der Waals surface area (Å²) in [4.78, 5) is 15.1. The highest BCUT2D eigenvalue weighted by atomic mass is 19.4. The number of carbonyl (C=O) groups is 1. The third-order valence-electron chi connectivity index (χ3n) is 1.79. The zero-order valence-corrected chi connectivity index (χ0v) is 9.33. The first-order valence-corrected chi connectivity index (χ1v) is 5.03. The van der Waals surface area contributed by atoms with Gasteiger partial charge < -0.3 is 15.8 Å². The molecule has 0 saturated carbocycles. The maximum Gasteiger partial charge on any atom is 0.411 e. The van der Waals surface area contributed by atoms with E-state index in [-0.39, 0.29) is 18.8 Å². The molecule has 1 aromatic rings. The average Bonchev–Trinajstić information content (AvgIpc) is 2.26. The first-order chi connectivity index (χ1) is 8.37. The lowest BCUT2D eigenvalue weighted by Crippen LogP contribution is -2.20. The molecule has 0 unspecified atom stereocenters. The quantitative estimate of drug-likeness (QED) is 0.790. The molecule has 3 N–H and O–H groups in total. The Kier molecular flexibility index (Phi) is 4.90. The van der Waals surface area contributed by atoms with Crippen LogP contribution in [0.5, 0.6) is 0 Å². The van der Waals surface area contributed by atoms with Gasteiger partial charge in [-0.05, 0) is 12.1 Å². The van der Waals surface area contributed by atoms with Crippen LogP contribution in [0.3, 0.4) is 0 Å². The van der Waals surface area contributed by atoms with Crippen molar-refractivity contribution in [3.05, 3.63) is 18.3 Å². The van der Waals surface area contributed by atoms with Crippen molar-refractivity contribution >= 4 is 17.4 Å². The van der Waals surface area contributed by atoms with E-state index >= 15 is 0 Å². The first kappa shape index (κ1) is 14.2. The molecule has 1 amide bonds. The number of hydrogen-bond donors (Lipinski definition) is 2. The molecule has 1 rings (SSSR count). The Balaban J connectivity index is 2.24. The van der Waals surface area contributed by atoms with Crippen molar-refractivity contribution in [1.29, 1.82) is 0 Å². The Morgan fingerprint density at radius 1 is 1.44 bits per heavy atom. The van der Waals surface area contributed by atoms with E-state index in [1.165, 1.54) is 12.3 Å². The van der Waals surface area contributed by atoms with Crippen molar-refractivity contribution in [3.63, 3.8) is 0 Å². The molecule has 0 saturated heterocycles. The Morgan fingerprint density at radius 3 is 2.72 bits per heavy atom. The number of nitrogens with two attached hydrogens (primary N) is 1. The van der Waals surface area contributed by atoms with Crippen molar-refractivity contribution in [1.82, 2.24) is 4.98 Å². The fourth-order valence-electron chi connectivity index (χ4n) is 1.04. The molecule has 1 heterocycles. The number of amides is 1. The Bertz CT molecular complexity index is 392. The van der Waals surface area contributed by atoms with Crippen LogP contribution >= 0.6 is 0 Å². The first-order valence-electron chi connectivity index (χ1n) is 5.03. The third-order valence-corrected chi connectivity index (χ3v) is 1.79. The highest BCUT2D eigenvalue weighted by Gasteiger charge is 2.27. The van der Waals surface area contributed by atoms with Gasteiger partial charge in [0.25, 0.3) is 0 Å². The molecule has 0 aliphatic heterocycles. The number of nitrogens with zero attached hydrogens (tertiary/aromatic N) is 1. The molecule has 8 heteroatoms. The Labute approximate surface area is 101 Å². The van der Waals surface area contributed by atoms with Gasteiger partial charge in [-0.1, -0.05) is 0 Å². The van der Waals surface area contributed by atoms with E-state index in [4.69, 9.17) is 5.73 Å². The summed E-state index contributed by atoms with van der Waals surface area (Å²) in [5.41, 5.74) is 5.84. The molecular formula is C10H12F3N3O2. The molecule has 100 valence electrons. The monoisotopic (exact) mass is 263 g/mol. The predicted molar refractivity (Wildman–Crippen MR) is 58.8 cm³/mol. The summed E-state index contributed by atoms with van der Waals surface area (Å²) >= 11 is 0. The second kappa shape index (κ2) is 6.20. The predicted octanol–water partition coefficient (Wildman–Crippen LogP) is 1.57. The van der Waals surface area contributed by atoms with Crippen LogP contribution in [0.2, 0.25) is 0 Å². The minimum Gasteiger partial charge on any atom is -0.397 e. The summed E-state index contributed by atoms with van der Waals surface area (Å²) in [6.45, 7) is -1.67. The van der Waals surface area contributed by atoms with E-state index in [1.807, 2.05) is 0 Å². The summed E-state index contributed by atoms with van der Waals surface area (Å²) < 4.78 is 39.5. The molecular weight excluding hydrogens is 251 g/mol. The number of alkyl halides is 3. The molecule has 0 aliphatic carbocycles. The fourth-order valence-corrected chi connectivity index (χ4v) is 1.04. The van der Waals surface area contributed by atoms with Gasteiger partial charge in [-0.25, -0.2) is 4.98 Å². The Morgan fingerprint density at radius 2 is 2.17 bits per heavy atom. The van der Waals surface area contributed by atoms with Crippen molar-refractivity contribution in [2.24, 2.45) is 0 Å². The summed E-state index contributed by atoms with van der Waals surface area (Å²) in [5, 5.41) is 2.40. The lowest BCUT2D eigenvalue weighted by molar-refractivity contribution is -0.174. The molecule has 5 nitrogen and oxygen atoms in total. The molecule has 0 radical (unpaired) electrons. The summed E-state index contributed by atoms with van der Waals surface area (Å²) in [7, 11) is 0. The largest absolute Gasteiger partial charge is 0.411 e. The van der Waals surface area contributed by atoms with E-state index in [0.717, 1.165) is 0 Å². The highest BCUT2D eigenvalue weighted by molar-refractivity contribution is 5.89. The number of anilines is 2. The SMILES string of the molecule is Nc1ccc(NC(=O)CCOCC(F)(F)F)nc1. The number of halogens is 3. The van der Waals surface area contributed by atoms with E-state index in [9.17, 15) is 18.0 Å². The van der Waals surface area contributed by atoms with Gasteiger partial charge in [0.2, 0.25) is 5.91 Å². The number of ether oxygens (including phenoxy) is 1. The Hall–Kier alpha value is -1.83. The lowest BCUT2D eigenvalue weighted by Gasteiger charge is -2.07. The second-order valence-electron chi connectivity index (χ2n) is 3.44. The second-order valence-corrected chi connectivity index (χ2v) is 3.44. The van der Waals surface area contributed by atoms with E-state index < -0.39 is 18.7 Å². The van der Waals surface area contributed by atoms with Gasteiger partial charge in [-0.2, -0.15) is 13.2 Å². The zero-order chi connectivity index (χ0) is 13.6. The van der Waals surface area contributed by atoms with E-state index in [2.05, 4.69) is 15.0 Å². The normalized spacial score (nSPS) is 11.3. The van der Waals surface area contributed by atoms with Crippen LogP contribution in [0.4, 0.5) is 24.7 Å². The van der Waals surface area contributed by atoms with Crippen molar-refractivity contribution in [2.75, 3.05) is 24.3 Å². The standard InChI is InChI=1S/C10H12F3N3O2/c11-10(12,13)6-18-4-3-9(17)16-8-2-1-7(14)5-15-8/h1-2,5H,3-4,6,14H2,(H,15,16,17). The van der Waals surface area contributed by atoms with Crippen LogP contribution in [0, 0.1) is 0 Å². The van der Waals surface area contributed by atoms with Gasteiger partial charge in [-0.3, -0.25) is 4.79 Å². The van der Waals surface area contributed by atoms with Gasteiger partial charge in [0.15, 0.2) is 0 Å². The minimum absolute atomic E-state index is 0.178. The molecule has 1 aromatic heterocycles. The molecule has 0 aromatic carbocycles. The lowest BCUT2D eigenvalue weighted by atomic mass is 10.4. The van der Waals surface area contributed by atoms with Crippen LogP contribution in [0.25, 0.3) is 0 Å². The number of aromatic nitrogens is 1. The number of nitrogen functional groups attached to an aromatic ring is 1. The fraction of sp³-hybridized carbons (Fsp3) is 0.400. The van der Waals surface area contributed by atoms with E-state index in [0.29, 0.717) is 5.69 Å². The average molecular weight is 263 g/mol. The van der Waals surface area contributed by atoms with Gasteiger partial charge in [0, 0.05) is 0 Å². The summed E-state index contributed by atoms with van der Waals surface area (Å²) in [6, 6.07) is 3.03. The maximum atomic E-state index is 11.7. The van der Waals surface area contributed by atoms with Crippen LogP contribution in [-0.2, 0) is 9.53 Å². The molecule has 0 spiro atoms. The van der Waals surface area contributed by atoms with Crippen molar-refractivity contribution in [2.45, 2.75) is 12.6 Å². The smallest absolute Gasteiger partial charge is 0.397 e. The number of carbonyl (C=O) groups excluding carboxylic acids is 1. The van der Waals surface area contributed by atoms with Crippen LogP contribution in [-0.4, -0.2) is 30.3 Å². The third kappa shape index (κ3) is 6.04. The van der Waals surface area contributed by atoms with Gasteiger partial charge >= 0.3 is 6.18 Å². The molecule has 0 bridgehead atoms. The van der Waals surface area contributed by atoms with Crippen LogP contribution < -0.4 is 11.1 Å². The number of pyridine rings is 1. The number of hydrogen-bond acceptors (Lipinski definition) is 4. The summed E-state index contributed by atoms with van der Waals surface area (Å²) in [6.07, 6.45) is -3.20. The van der Waals surface area contributed by atoms with Gasteiger partial charge in [0.05, 0.1) is 24.9 Å². The van der Waals surface area contributed by atoms with Crippen LogP contribution in [0.15, 0.2) is 18.3 Å². The van der Waals surface area contributed by atoms with Gasteiger partial charge in [0.1, 0.15) is 12.4 Å². The van der Waals surface area contributed by atoms with Gasteiger partial charge in [-0.15, -0.1) is 0 Å². The van der Waals surface area contributed by atoms with Crippen molar-refractivity contribution in [3.8, 4) is 0 Å². The molecule has 18 heavy (non-hydrogen) atoms. The molecule has 0 aliphatic rings. The highest BCUT2D eigenvalue weighted by Crippen LogP contribution is 2.14. The molecule has 0 fully saturated rings. The summed E-state index contributed by atoms with van der Waals surface area (Å²) in [5.74, 6) is -0.195. The number of rotatable bonds is 5. The zero-order valence-electron chi connectivity index (χ0n) is 9.33. The van der Waals surface area contributed by atoms with Crippen molar-refractivity contribution < 1.29 is 22.7 Å². The van der Waals surface area contributed by atoms with E-state index in [1.54, 1.807) is 6.07 Å². The maximum absolute atomic E-state index is 11.7. The van der Waals surface area contributed by atoms with Crippen LogP contribution in [0.1, 0.15) is 6.42 Å².